The molecule has 2 aliphatic rings. The second-order valence-electron chi connectivity index (χ2n) is 5.42. The van der Waals surface area contributed by atoms with E-state index in [0.717, 1.165) is 19.0 Å². The van der Waals surface area contributed by atoms with Crippen molar-refractivity contribution in [2.75, 3.05) is 13.2 Å². The first-order valence-electron chi connectivity index (χ1n) is 7.27. The Kier molecular flexibility index (Phi) is 5.30. The molecule has 3 nitrogen and oxygen atoms in total. The van der Waals surface area contributed by atoms with Crippen LogP contribution in [0.1, 0.15) is 57.8 Å². The predicted molar refractivity (Wildman–Crippen MR) is 71.3 cm³/mol. The molecule has 0 radical (unpaired) electrons. The maximum atomic E-state index is 5.99. The zero-order chi connectivity index (χ0) is 11.9. The number of rotatable bonds is 5. The van der Waals surface area contributed by atoms with E-state index in [1.165, 1.54) is 57.8 Å². The van der Waals surface area contributed by atoms with Gasteiger partial charge in [0.25, 0.3) is 0 Å². The molecule has 0 bridgehead atoms. The highest BCUT2D eigenvalue weighted by atomic mass is 16.5. The molecule has 0 atom stereocenters. The number of hydrogen-bond donors (Lipinski definition) is 1. The van der Waals surface area contributed by atoms with Crippen molar-refractivity contribution in [2.45, 2.75) is 63.9 Å². The van der Waals surface area contributed by atoms with Crippen molar-refractivity contribution in [3.63, 3.8) is 0 Å². The van der Waals surface area contributed by atoms with Gasteiger partial charge < -0.3 is 10.5 Å². The van der Waals surface area contributed by atoms with Gasteiger partial charge in [-0.15, -0.1) is 0 Å². The molecule has 2 rings (SSSR count). The Morgan fingerprint density at radius 1 is 1.00 bits per heavy atom. The topological polar surface area (TPSA) is 47.6 Å². The Bertz CT molecular complexity index is 241. The molecule has 2 saturated carbocycles. The summed E-state index contributed by atoms with van der Waals surface area (Å²) in [6.45, 7) is 1.50. The molecule has 0 saturated heterocycles. The lowest BCUT2D eigenvalue weighted by Gasteiger charge is -2.21. The van der Waals surface area contributed by atoms with E-state index in [9.17, 15) is 0 Å². The van der Waals surface area contributed by atoms with Crippen molar-refractivity contribution >= 4 is 5.84 Å². The zero-order valence-corrected chi connectivity index (χ0v) is 10.9. The average molecular weight is 238 g/mol. The third kappa shape index (κ3) is 4.30. The quantitative estimate of drug-likeness (QED) is 0.455. The molecule has 2 aliphatic carbocycles. The van der Waals surface area contributed by atoms with Crippen LogP contribution in [0.25, 0.3) is 0 Å². The highest BCUT2D eigenvalue weighted by Gasteiger charge is 2.18. The van der Waals surface area contributed by atoms with Crippen molar-refractivity contribution in [1.82, 2.24) is 0 Å². The molecule has 2 fully saturated rings. The molecule has 0 spiro atoms. The minimum absolute atomic E-state index is 0.492. The summed E-state index contributed by atoms with van der Waals surface area (Å²) in [5.74, 6) is 1.43. The van der Waals surface area contributed by atoms with Crippen LogP contribution < -0.4 is 5.73 Å². The molecule has 0 heterocycles. The van der Waals surface area contributed by atoms with Gasteiger partial charge in [0, 0.05) is 5.92 Å². The molecule has 0 aromatic heterocycles. The minimum Gasteiger partial charge on any atom is -0.387 e. The Balaban J connectivity index is 1.59. The van der Waals surface area contributed by atoms with Gasteiger partial charge in [0.2, 0.25) is 0 Å². The first-order chi connectivity index (χ1) is 8.36. The van der Waals surface area contributed by atoms with E-state index in [-0.39, 0.29) is 0 Å². The van der Waals surface area contributed by atoms with Gasteiger partial charge in [0.05, 0.1) is 25.1 Å². The second-order valence-corrected chi connectivity index (χ2v) is 5.42. The van der Waals surface area contributed by atoms with Crippen LogP contribution in [0.2, 0.25) is 0 Å². The Morgan fingerprint density at radius 2 is 1.65 bits per heavy atom. The molecule has 3 heteroatoms. The third-order valence-corrected chi connectivity index (χ3v) is 4.06. The van der Waals surface area contributed by atoms with E-state index in [4.69, 9.17) is 10.5 Å². The summed E-state index contributed by atoms with van der Waals surface area (Å²) in [6.07, 6.45) is 12.1. The fourth-order valence-corrected chi connectivity index (χ4v) is 2.98. The van der Waals surface area contributed by atoms with E-state index in [1.807, 2.05) is 0 Å². The van der Waals surface area contributed by atoms with Crippen LogP contribution in [-0.4, -0.2) is 25.1 Å². The van der Waals surface area contributed by atoms with Crippen LogP contribution in [0.15, 0.2) is 4.99 Å². The lowest BCUT2D eigenvalue weighted by Crippen LogP contribution is -2.23. The first-order valence-corrected chi connectivity index (χ1v) is 7.27. The number of hydrogen-bond acceptors (Lipinski definition) is 2. The zero-order valence-electron chi connectivity index (χ0n) is 10.9. The number of nitrogens with zero attached hydrogens (tertiary/aromatic N) is 1. The minimum atomic E-state index is 0.492. The van der Waals surface area contributed by atoms with Crippen LogP contribution >= 0.6 is 0 Å². The molecule has 98 valence electrons. The van der Waals surface area contributed by atoms with Gasteiger partial charge in [-0.25, -0.2) is 0 Å². The maximum Gasteiger partial charge on any atom is 0.0969 e. The lowest BCUT2D eigenvalue weighted by molar-refractivity contribution is 0.0334. The van der Waals surface area contributed by atoms with Crippen LogP contribution in [0.3, 0.4) is 0 Å². The van der Waals surface area contributed by atoms with Gasteiger partial charge in [-0.1, -0.05) is 32.1 Å². The number of aliphatic imine (C=N–C) groups is 1. The molecule has 0 aliphatic heterocycles. The van der Waals surface area contributed by atoms with E-state index in [1.54, 1.807) is 0 Å². The molecule has 0 aromatic rings. The number of amidine groups is 1. The predicted octanol–water partition coefficient (Wildman–Crippen LogP) is 2.88. The summed E-state index contributed by atoms with van der Waals surface area (Å²) >= 11 is 0. The van der Waals surface area contributed by atoms with Crippen LogP contribution in [-0.2, 0) is 4.74 Å². The summed E-state index contributed by atoms with van der Waals surface area (Å²) in [5, 5.41) is 0. The van der Waals surface area contributed by atoms with Crippen LogP contribution in [0, 0.1) is 5.92 Å². The summed E-state index contributed by atoms with van der Waals surface area (Å²) in [4.78, 5) is 4.46. The summed E-state index contributed by atoms with van der Waals surface area (Å²) in [5.41, 5.74) is 5.99. The molecular formula is C14H26N2O. The highest BCUT2D eigenvalue weighted by Crippen LogP contribution is 2.24. The van der Waals surface area contributed by atoms with E-state index < -0.39 is 0 Å². The van der Waals surface area contributed by atoms with E-state index >= 15 is 0 Å². The molecule has 0 amide bonds. The summed E-state index contributed by atoms with van der Waals surface area (Å²) in [6, 6.07) is 0. The first kappa shape index (κ1) is 12.9. The Hall–Kier alpha value is -0.570. The average Bonchev–Trinajstić information content (AvgIpc) is 2.89. The normalized spacial score (nSPS) is 24.4. The number of nitrogens with two attached hydrogens (primary N) is 1. The monoisotopic (exact) mass is 238 g/mol. The Labute approximate surface area is 105 Å². The van der Waals surface area contributed by atoms with Gasteiger partial charge in [-0.3, -0.25) is 4.99 Å². The summed E-state index contributed by atoms with van der Waals surface area (Å²) < 4.78 is 5.83. The van der Waals surface area contributed by atoms with Gasteiger partial charge in [0.15, 0.2) is 0 Å². The lowest BCUT2D eigenvalue weighted by atomic mass is 9.98. The molecular weight excluding hydrogens is 212 g/mol. The smallest absolute Gasteiger partial charge is 0.0969 e. The fourth-order valence-electron chi connectivity index (χ4n) is 2.98. The second kappa shape index (κ2) is 7.00. The van der Waals surface area contributed by atoms with Crippen molar-refractivity contribution in [1.29, 1.82) is 0 Å². The standard InChI is InChI=1S/C14H26N2O/c15-14(12-6-4-5-7-12)16-10-11-17-13-8-2-1-3-9-13/h12-13H,1-11H2,(H2,15,16). The molecule has 2 N–H and O–H groups in total. The van der Waals surface area contributed by atoms with Crippen molar-refractivity contribution < 1.29 is 4.74 Å². The maximum absolute atomic E-state index is 5.99. The molecule has 0 aromatic carbocycles. The molecule has 0 unspecified atom stereocenters. The Morgan fingerprint density at radius 3 is 2.35 bits per heavy atom. The van der Waals surface area contributed by atoms with Gasteiger partial charge in [0.1, 0.15) is 0 Å². The van der Waals surface area contributed by atoms with Crippen molar-refractivity contribution in [2.24, 2.45) is 16.6 Å². The molecule has 17 heavy (non-hydrogen) atoms. The van der Waals surface area contributed by atoms with E-state index in [2.05, 4.69) is 4.99 Å². The fraction of sp³-hybridized carbons (Fsp3) is 0.929. The third-order valence-electron chi connectivity index (χ3n) is 4.06. The van der Waals surface area contributed by atoms with Crippen molar-refractivity contribution in [3.05, 3.63) is 0 Å². The highest BCUT2D eigenvalue weighted by molar-refractivity contribution is 5.83. The van der Waals surface area contributed by atoms with E-state index in [0.29, 0.717) is 12.0 Å². The van der Waals surface area contributed by atoms with Crippen LogP contribution in [0.4, 0.5) is 0 Å². The van der Waals surface area contributed by atoms with Crippen LogP contribution in [0.5, 0.6) is 0 Å². The SMILES string of the molecule is NC(=NCCOC1CCCCC1)C1CCCC1. The van der Waals surface area contributed by atoms with Gasteiger partial charge in [-0.05, 0) is 25.7 Å². The van der Waals surface area contributed by atoms with Gasteiger partial charge in [-0.2, -0.15) is 0 Å². The van der Waals surface area contributed by atoms with Gasteiger partial charge >= 0.3 is 0 Å². The number of ether oxygens (including phenoxy) is 1. The largest absolute Gasteiger partial charge is 0.387 e. The summed E-state index contributed by atoms with van der Waals surface area (Å²) in [7, 11) is 0. The van der Waals surface area contributed by atoms with Crippen molar-refractivity contribution in [3.8, 4) is 0 Å².